The summed E-state index contributed by atoms with van der Waals surface area (Å²) >= 11 is -0.826. The summed E-state index contributed by atoms with van der Waals surface area (Å²) in [5, 5.41) is 10.7. The Bertz CT molecular complexity index is 686. The number of rotatable bonds is 3. The SMILES string of the molecule is Cc1ccc(C2CCCCC2)c(O)c1C=Nc1ccccc1.[Cl][Zr][Cl]. The van der Waals surface area contributed by atoms with Crippen LogP contribution >= 0.6 is 17.0 Å². The van der Waals surface area contributed by atoms with Gasteiger partial charge in [0, 0.05) is 11.8 Å². The van der Waals surface area contributed by atoms with Crippen LogP contribution in [0.2, 0.25) is 0 Å². The molecule has 1 saturated carbocycles. The molecule has 0 atom stereocenters. The Labute approximate surface area is 169 Å². The van der Waals surface area contributed by atoms with Gasteiger partial charge in [0.25, 0.3) is 0 Å². The normalized spacial score (nSPS) is 14.8. The monoisotopic (exact) mass is 453 g/mol. The van der Waals surface area contributed by atoms with Crippen molar-refractivity contribution in [3.8, 4) is 5.75 Å². The first kappa shape index (κ1) is 20.7. The summed E-state index contributed by atoms with van der Waals surface area (Å²) in [5.41, 5.74) is 3.92. The van der Waals surface area contributed by atoms with E-state index in [-0.39, 0.29) is 0 Å². The molecule has 3 rings (SSSR count). The van der Waals surface area contributed by atoms with E-state index in [9.17, 15) is 5.11 Å². The second-order valence-electron chi connectivity index (χ2n) is 6.23. The number of phenols is 1. The zero-order chi connectivity index (χ0) is 18.1. The minimum atomic E-state index is -0.826. The van der Waals surface area contributed by atoms with Crippen LogP contribution in [0.15, 0.2) is 47.5 Å². The molecule has 0 unspecified atom stereocenters. The van der Waals surface area contributed by atoms with Gasteiger partial charge in [-0.25, -0.2) is 0 Å². The van der Waals surface area contributed by atoms with E-state index >= 15 is 0 Å². The summed E-state index contributed by atoms with van der Waals surface area (Å²) in [7, 11) is 9.87. The molecule has 0 bridgehead atoms. The molecule has 1 aliphatic rings. The fraction of sp³-hybridized carbons (Fsp3) is 0.350. The van der Waals surface area contributed by atoms with Crippen molar-refractivity contribution in [1.29, 1.82) is 0 Å². The molecule has 0 saturated heterocycles. The zero-order valence-corrected chi connectivity index (χ0v) is 18.4. The molecule has 132 valence electrons. The van der Waals surface area contributed by atoms with Crippen LogP contribution in [0.25, 0.3) is 0 Å². The van der Waals surface area contributed by atoms with Crippen LogP contribution in [-0.4, -0.2) is 11.3 Å². The van der Waals surface area contributed by atoms with Crippen molar-refractivity contribution in [2.45, 2.75) is 44.9 Å². The van der Waals surface area contributed by atoms with Crippen LogP contribution < -0.4 is 0 Å². The predicted octanol–water partition coefficient (Wildman–Crippen LogP) is 6.88. The van der Waals surface area contributed by atoms with E-state index in [1.165, 1.54) is 32.1 Å². The van der Waals surface area contributed by atoms with Crippen molar-refractivity contribution in [3.05, 3.63) is 59.2 Å². The molecule has 2 aromatic rings. The number of halogens is 2. The second-order valence-corrected chi connectivity index (χ2v) is 9.97. The number of nitrogens with zero attached hydrogens (tertiary/aromatic N) is 1. The summed E-state index contributed by atoms with van der Waals surface area (Å²) in [5.74, 6) is 0.921. The molecule has 1 aliphatic carbocycles. The van der Waals surface area contributed by atoms with Gasteiger partial charge in [-0.1, -0.05) is 49.6 Å². The molecule has 5 heteroatoms. The number of phenolic OH excluding ortho intramolecular Hbond substituents is 1. The number of hydrogen-bond acceptors (Lipinski definition) is 2. The standard InChI is InChI=1S/C20H23NO.2ClH.Zr/c1-15-12-13-18(16-8-4-2-5-9-16)20(22)19(15)14-21-17-10-6-3-7-11-17;;;/h3,6-7,10-14,16,22H,2,4-5,8-9H2,1H3;2*1H;/q;;;+2/p-2. The van der Waals surface area contributed by atoms with Gasteiger partial charge >= 0.3 is 37.9 Å². The van der Waals surface area contributed by atoms with Crippen molar-refractivity contribution in [2.75, 3.05) is 0 Å². The summed E-state index contributed by atoms with van der Waals surface area (Å²) in [6.45, 7) is 2.02. The van der Waals surface area contributed by atoms with E-state index in [4.69, 9.17) is 17.0 Å². The van der Waals surface area contributed by atoms with Gasteiger partial charge in [-0.3, -0.25) is 4.99 Å². The number of para-hydroxylation sites is 1. The first-order valence-electron chi connectivity index (χ1n) is 8.55. The molecule has 2 nitrogen and oxygen atoms in total. The van der Waals surface area contributed by atoms with Gasteiger partial charge in [-0.15, -0.1) is 0 Å². The Morgan fingerprint density at radius 1 is 1.04 bits per heavy atom. The molecule has 1 N–H and O–H groups in total. The van der Waals surface area contributed by atoms with Gasteiger partial charge in [-0.2, -0.15) is 0 Å². The second kappa shape index (κ2) is 11.2. The molecular weight excluding hydrogens is 432 g/mol. The van der Waals surface area contributed by atoms with E-state index in [0.717, 1.165) is 22.4 Å². The van der Waals surface area contributed by atoms with Gasteiger partial charge in [0.1, 0.15) is 5.75 Å². The molecule has 0 amide bonds. The van der Waals surface area contributed by atoms with Crippen LogP contribution in [-0.2, 0) is 20.8 Å². The van der Waals surface area contributed by atoms with Gasteiger partial charge in [0.15, 0.2) is 0 Å². The zero-order valence-electron chi connectivity index (χ0n) is 14.4. The van der Waals surface area contributed by atoms with Crippen LogP contribution in [0.1, 0.15) is 54.7 Å². The van der Waals surface area contributed by atoms with Gasteiger partial charge in [0.05, 0.1) is 5.69 Å². The number of hydrogen-bond donors (Lipinski definition) is 1. The predicted molar refractivity (Wildman–Crippen MR) is 104 cm³/mol. The Balaban J connectivity index is 0.000000701. The van der Waals surface area contributed by atoms with E-state index in [0.29, 0.717) is 11.7 Å². The van der Waals surface area contributed by atoms with E-state index in [1.54, 1.807) is 6.21 Å². The summed E-state index contributed by atoms with van der Waals surface area (Å²) in [6, 6.07) is 14.1. The van der Waals surface area contributed by atoms with Crippen molar-refractivity contribution in [2.24, 2.45) is 4.99 Å². The van der Waals surface area contributed by atoms with Crippen LogP contribution in [0.3, 0.4) is 0 Å². The summed E-state index contributed by atoms with van der Waals surface area (Å²) < 4.78 is 0. The van der Waals surface area contributed by atoms with Crippen molar-refractivity contribution in [1.82, 2.24) is 0 Å². The molecule has 25 heavy (non-hydrogen) atoms. The molecule has 1 fully saturated rings. The van der Waals surface area contributed by atoms with Gasteiger partial charge in [0.2, 0.25) is 0 Å². The van der Waals surface area contributed by atoms with E-state index in [2.05, 4.69) is 17.1 Å². The summed E-state index contributed by atoms with van der Waals surface area (Å²) in [6.07, 6.45) is 8.03. The average Bonchev–Trinajstić information content (AvgIpc) is 2.64. The first-order chi connectivity index (χ1) is 12.2. The molecule has 0 heterocycles. The van der Waals surface area contributed by atoms with Crippen molar-refractivity contribution < 1.29 is 26.0 Å². The first-order valence-corrected chi connectivity index (χ1v) is 14.9. The maximum absolute atomic E-state index is 10.7. The Hall–Kier alpha value is -0.627. The Morgan fingerprint density at radius 2 is 1.68 bits per heavy atom. The van der Waals surface area contributed by atoms with Gasteiger partial charge in [-0.05, 0) is 48.9 Å². The van der Waals surface area contributed by atoms with E-state index in [1.807, 2.05) is 37.3 Å². The third kappa shape index (κ3) is 6.24. The Kier molecular flexibility index (Phi) is 9.24. The topological polar surface area (TPSA) is 32.6 Å². The number of aromatic hydroxyl groups is 1. The van der Waals surface area contributed by atoms with Crippen LogP contribution in [0, 0.1) is 6.92 Å². The van der Waals surface area contributed by atoms with Crippen LogP contribution in [0.4, 0.5) is 5.69 Å². The average molecular weight is 456 g/mol. The Morgan fingerprint density at radius 3 is 2.32 bits per heavy atom. The minimum absolute atomic E-state index is 0.423. The fourth-order valence-corrected chi connectivity index (χ4v) is 3.28. The molecule has 0 spiro atoms. The fourth-order valence-electron chi connectivity index (χ4n) is 3.28. The third-order valence-electron chi connectivity index (χ3n) is 4.61. The molecule has 0 radical (unpaired) electrons. The third-order valence-corrected chi connectivity index (χ3v) is 4.61. The van der Waals surface area contributed by atoms with Crippen molar-refractivity contribution in [3.63, 3.8) is 0 Å². The van der Waals surface area contributed by atoms with Crippen molar-refractivity contribution >= 4 is 28.9 Å². The number of aliphatic imine (C=N–C) groups is 1. The van der Waals surface area contributed by atoms with Crippen LogP contribution in [0.5, 0.6) is 5.75 Å². The maximum atomic E-state index is 10.7. The number of benzene rings is 2. The molecular formula is C20H23Cl2NOZr. The van der Waals surface area contributed by atoms with Gasteiger partial charge < -0.3 is 5.11 Å². The quantitative estimate of drug-likeness (QED) is 0.503. The van der Waals surface area contributed by atoms with E-state index < -0.39 is 20.8 Å². The molecule has 0 aromatic heterocycles. The summed E-state index contributed by atoms with van der Waals surface area (Å²) in [4.78, 5) is 4.50. The number of aryl methyl sites for hydroxylation is 1. The molecule has 0 aliphatic heterocycles. The molecule has 2 aromatic carbocycles.